The molecule has 1 atom stereocenters. The smallest absolute Gasteiger partial charge is 0.244 e. The highest BCUT2D eigenvalue weighted by atomic mass is 32.2. The molecule has 2 amide bonds. The van der Waals surface area contributed by atoms with Gasteiger partial charge in [0.2, 0.25) is 21.8 Å². The maximum Gasteiger partial charge on any atom is 0.244 e. The van der Waals surface area contributed by atoms with Crippen LogP contribution in [0.4, 0.5) is 10.1 Å². The highest BCUT2D eigenvalue weighted by molar-refractivity contribution is 7.92. The molecule has 0 unspecified atom stereocenters. The van der Waals surface area contributed by atoms with Crippen molar-refractivity contribution in [3.8, 4) is 5.75 Å². The van der Waals surface area contributed by atoms with Gasteiger partial charge in [-0.15, -0.1) is 0 Å². The van der Waals surface area contributed by atoms with Gasteiger partial charge < -0.3 is 15.0 Å². The van der Waals surface area contributed by atoms with Crippen molar-refractivity contribution in [2.24, 2.45) is 0 Å². The fraction of sp³-hybridized carbons (Fsp3) is 0.364. The zero-order valence-electron chi connectivity index (χ0n) is 18.5. The molecule has 0 radical (unpaired) electrons. The van der Waals surface area contributed by atoms with Crippen molar-refractivity contribution in [1.29, 1.82) is 0 Å². The number of nitrogens with one attached hydrogen (secondary N) is 1. The van der Waals surface area contributed by atoms with Crippen LogP contribution >= 0.6 is 0 Å². The number of sulfonamides is 1. The van der Waals surface area contributed by atoms with Gasteiger partial charge in [-0.2, -0.15) is 0 Å². The van der Waals surface area contributed by atoms with Gasteiger partial charge >= 0.3 is 0 Å². The number of methoxy groups -OCH3 is 1. The van der Waals surface area contributed by atoms with Crippen LogP contribution in [0.1, 0.15) is 18.9 Å². The van der Waals surface area contributed by atoms with E-state index in [2.05, 4.69) is 5.32 Å². The number of hydrogen-bond donors (Lipinski definition) is 1. The minimum atomic E-state index is -3.98. The Labute approximate surface area is 188 Å². The number of carbonyl (C=O) groups is 2. The number of likely N-dealkylation sites (N-methyl/N-ethyl adjacent to an activating group) is 1. The van der Waals surface area contributed by atoms with Gasteiger partial charge in [0.25, 0.3) is 0 Å². The van der Waals surface area contributed by atoms with Gasteiger partial charge in [-0.3, -0.25) is 13.9 Å². The number of hydrogen-bond acceptors (Lipinski definition) is 5. The second kappa shape index (κ2) is 10.9. The normalized spacial score (nSPS) is 12.0. The van der Waals surface area contributed by atoms with Gasteiger partial charge in [-0.25, -0.2) is 12.8 Å². The number of para-hydroxylation sites is 1. The Morgan fingerprint density at radius 2 is 1.75 bits per heavy atom. The van der Waals surface area contributed by atoms with Crippen LogP contribution < -0.4 is 14.4 Å². The van der Waals surface area contributed by atoms with Crippen LogP contribution in [0.25, 0.3) is 0 Å². The summed E-state index contributed by atoms with van der Waals surface area (Å²) >= 11 is 0. The molecule has 0 aliphatic carbocycles. The first-order valence-corrected chi connectivity index (χ1v) is 11.8. The van der Waals surface area contributed by atoms with E-state index >= 15 is 0 Å². The molecule has 174 valence electrons. The standard InChI is InChI=1S/C22H28FN3O5S/c1-5-19(22(28)24-2)25(14-16-10-12-17(31-3)13-11-16)21(27)15-26(32(4,29)30)20-9-7-6-8-18(20)23/h6-13,19H,5,14-15H2,1-4H3,(H,24,28)/t19-/m1/s1. The third kappa shape index (κ3) is 6.19. The van der Waals surface area contributed by atoms with Crippen LogP contribution in [0.2, 0.25) is 0 Å². The topological polar surface area (TPSA) is 96.0 Å². The van der Waals surface area contributed by atoms with E-state index in [9.17, 15) is 22.4 Å². The SMILES string of the molecule is CC[C@H](C(=O)NC)N(Cc1ccc(OC)cc1)C(=O)CN(c1ccccc1F)S(C)(=O)=O. The summed E-state index contributed by atoms with van der Waals surface area (Å²) in [6.07, 6.45) is 1.21. The van der Waals surface area contributed by atoms with Crippen molar-refractivity contribution in [1.82, 2.24) is 10.2 Å². The number of carbonyl (C=O) groups excluding carboxylic acids is 2. The molecule has 0 aliphatic heterocycles. The van der Waals surface area contributed by atoms with Crippen LogP contribution in [0, 0.1) is 5.82 Å². The van der Waals surface area contributed by atoms with Gasteiger partial charge in [0, 0.05) is 13.6 Å². The molecule has 0 saturated carbocycles. The molecule has 10 heteroatoms. The average molecular weight is 466 g/mol. The van der Waals surface area contributed by atoms with Gasteiger partial charge in [-0.05, 0) is 36.2 Å². The Balaban J connectivity index is 2.42. The van der Waals surface area contributed by atoms with Crippen molar-refractivity contribution in [2.75, 3.05) is 31.3 Å². The zero-order chi connectivity index (χ0) is 23.9. The van der Waals surface area contributed by atoms with E-state index in [1.807, 2.05) is 0 Å². The first-order chi connectivity index (χ1) is 15.1. The lowest BCUT2D eigenvalue weighted by molar-refractivity contribution is -0.140. The summed E-state index contributed by atoms with van der Waals surface area (Å²) in [4.78, 5) is 27.1. The van der Waals surface area contributed by atoms with Crippen molar-refractivity contribution >= 4 is 27.5 Å². The molecule has 0 spiro atoms. The summed E-state index contributed by atoms with van der Waals surface area (Å²) in [5.41, 5.74) is 0.485. The molecular formula is C22H28FN3O5S. The number of ether oxygens (including phenoxy) is 1. The molecule has 0 saturated heterocycles. The van der Waals surface area contributed by atoms with Gasteiger partial charge in [0.1, 0.15) is 24.2 Å². The number of halogens is 1. The molecule has 32 heavy (non-hydrogen) atoms. The van der Waals surface area contributed by atoms with Crippen LogP contribution in [-0.4, -0.2) is 58.1 Å². The van der Waals surface area contributed by atoms with Crippen molar-refractivity contribution < 1.29 is 27.1 Å². The maximum atomic E-state index is 14.3. The van der Waals surface area contributed by atoms with Gasteiger partial charge in [-0.1, -0.05) is 31.2 Å². The van der Waals surface area contributed by atoms with E-state index in [1.165, 1.54) is 37.3 Å². The first-order valence-electron chi connectivity index (χ1n) is 9.98. The van der Waals surface area contributed by atoms with E-state index in [4.69, 9.17) is 4.74 Å². The number of benzene rings is 2. The van der Waals surface area contributed by atoms with E-state index in [-0.39, 0.29) is 18.1 Å². The highest BCUT2D eigenvalue weighted by Crippen LogP contribution is 2.23. The number of rotatable bonds is 10. The fourth-order valence-electron chi connectivity index (χ4n) is 3.26. The molecule has 0 bridgehead atoms. The molecule has 0 fully saturated rings. The third-order valence-electron chi connectivity index (χ3n) is 4.94. The van der Waals surface area contributed by atoms with Crippen molar-refractivity contribution in [2.45, 2.75) is 25.9 Å². The van der Waals surface area contributed by atoms with E-state index in [1.54, 1.807) is 31.2 Å². The quantitative estimate of drug-likeness (QED) is 0.580. The van der Waals surface area contributed by atoms with Crippen LogP contribution in [0.15, 0.2) is 48.5 Å². The molecule has 8 nitrogen and oxygen atoms in total. The zero-order valence-corrected chi connectivity index (χ0v) is 19.4. The van der Waals surface area contributed by atoms with E-state index < -0.39 is 34.3 Å². The van der Waals surface area contributed by atoms with Crippen molar-refractivity contribution in [3.63, 3.8) is 0 Å². The highest BCUT2D eigenvalue weighted by Gasteiger charge is 2.32. The Morgan fingerprint density at radius 3 is 2.25 bits per heavy atom. The first kappa shape index (κ1) is 25.1. The number of anilines is 1. The lowest BCUT2D eigenvalue weighted by atomic mass is 10.1. The molecule has 1 N–H and O–H groups in total. The predicted molar refractivity (Wildman–Crippen MR) is 120 cm³/mol. The van der Waals surface area contributed by atoms with Crippen LogP contribution in [0.5, 0.6) is 5.75 Å². The monoisotopic (exact) mass is 465 g/mol. The molecule has 2 aromatic rings. The maximum absolute atomic E-state index is 14.3. The second-order valence-electron chi connectivity index (χ2n) is 7.13. The fourth-order valence-corrected chi connectivity index (χ4v) is 4.11. The lowest BCUT2D eigenvalue weighted by Gasteiger charge is -2.32. The molecule has 2 rings (SSSR count). The molecule has 0 aromatic heterocycles. The van der Waals surface area contributed by atoms with Gasteiger partial charge in [0.05, 0.1) is 19.1 Å². The van der Waals surface area contributed by atoms with Crippen molar-refractivity contribution in [3.05, 3.63) is 59.9 Å². The summed E-state index contributed by atoms with van der Waals surface area (Å²) in [6, 6.07) is 11.4. The Bertz CT molecular complexity index is 1040. The molecule has 2 aromatic carbocycles. The summed E-state index contributed by atoms with van der Waals surface area (Å²) in [5.74, 6) is -1.16. The molecule has 0 heterocycles. The molecule has 0 aliphatic rings. The second-order valence-corrected chi connectivity index (χ2v) is 9.04. The number of nitrogens with zero attached hydrogens (tertiary/aromatic N) is 2. The Kier molecular flexibility index (Phi) is 8.59. The summed E-state index contributed by atoms with van der Waals surface area (Å²) in [7, 11) is -0.985. The van der Waals surface area contributed by atoms with E-state index in [0.717, 1.165) is 17.9 Å². The van der Waals surface area contributed by atoms with Crippen LogP contribution in [0.3, 0.4) is 0 Å². The predicted octanol–water partition coefficient (Wildman–Crippen LogP) is 2.15. The van der Waals surface area contributed by atoms with E-state index in [0.29, 0.717) is 16.5 Å². The minimum Gasteiger partial charge on any atom is -0.497 e. The minimum absolute atomic E-state index is 0.0592. The largest absolute Gasteiger partial charge is 0.497 e. The number of amides is 2. The molecular weight excluding hydrogens is 437 g/mol. The Morgan fingerprint density at radius 1 is 1.12 bits per heavy atom. The average Bonchev–Trinajstić information content (AvgIpc) is 2.77. The lowest BCUT2D eigenvalue weighted by Crippen LogP contribution is -2.51. The third-order valence-corrected chi connectivity index (χ3v) is 6.07. The summed E-state index contributed by atoms with van der Waals surface area (Å²) in [5, 5.41) is 2.54. The van der Waals surface area contributed by atoms with Gasteiger partial charge in [0.15, 0.2) is 0 Å². The van der Waals surface area contributed by atoms with Crippen LogP contribution in [-0.2, 0) is 26.2 Å². The summed E-state index contributed by atoms with van der Waals surface area (Å²) < 4.78 is 45.0. The summed E-state index contributed by atoms with van der Waals surface area (Å²) in [6.45, 7) is 1.16. The Hall–Kier alpha value is -3.14.